The van der Waals surface area contributed by atoms with Gasteiger partial charge in [-0.25, -0.2) is 0 Å². The Labute approximate surface area is 128 Å². The Hall–Kier alpha value is -1.87. The molecule has 2 heterocycles. The lowest BCUT2D eigenvalue weighted by Crippen LogP contribution is -2.40. The average Bonchev–Trinajstić information content (AvgIpc) is 2.73. The zero-order chi connectivity index (χ0) is 15.6. The molecule has 0 radical (unpaired) electrons. The van der Waals surface area contributed by atoms with E-state index < -0.39 is 0 Å². The van der Waals surface area contributed by atoms with Crippen LogP contribution < -0.4 is 5.32 Å². The number of nitrogens with zero attached hydrogens (tertiary/aromatic N) is 2. The number of piperidine rings is 1. The molecule has 1 aromatic rings. The summed E-state index contributed by atoms with van der Waals surface area (Å²) in [6.07, 6.45) is 1.35. The zero-order valence-corrected chi connectivity index (χ0v) is 13.3. The first kappa shape index (κ1) is 15.5. The molecule has 0 unspecified atom stereocenters. The summed E-state index contributed by atoms with van der Waals surface area (Å²) < 4.78 is 0. The standard InChI is InChI=1S/C15H19N3O2S/c1-9-10(2)21-15(13(9)8-16)17-14(20)12-4-6-18(7-5-12)11(3)19/h12H,4-7H2,1-3H3,(H,17,20). The Morgan fingerprint density at radius 1 is 1.33 bits per heavy atom. The molecular formula is C15H19N3O2S. The summed E-state index contributed by atoms with van der Waals surface area (Å²) >= 11 is 1.44. The van der Waals surface area contributed by atoms with Gasteiger partial charge in [0.05, 0.1) is 5.56 Å². The maximum atomic E-state index is 12.3. The van der Waals surface area contributed by atoms with Crippen LogP contribution in [0.4, 0.5) is 5.00 Å². The summed E-state index contributed by atoms with van der Waals surface area (Å²) in [4.78, 5) is 26.4. The van der Waals surface area contributed by atoms with Crippen LogP contribution in [0.5, 0.6) is 0 Å². The lowest BCUT2D eigenvalue weighted by molar-refractivity contribution is -0.132. The third kappa shape index (κ3) is 3.24. The normalized spacial score (nSPS) is 15.6. The molecule has 1 saturated heterocycles. The van der Waals surface area contributed by atoms with E-state index in [0.717, 1.165) is 10.4 Å². The van der Waals surface area contributed by atoms with Gasteiger partial charge in [-0.2, -0.15) is 5.26 Å². The van der Waals surface area contributed by atoms with Gasteiger partial charge in [0.25, 0.3) is 0 Å². The van der Waals surface area contributed by atoms with Crippen molar-refractivity contribution < 1.29 is 9.59 Å². The molecule has 1 aliphatic heterocycles. The van der Waals surface area contributed by atoms with Crippen molar-refractivity contribution in [3.8, 4) is 6.07 Å². The monoisotopic (exact) mass is 305 g/mol. The fraction of sp³-hybridized carbons (Fsp3) is 0.533. The third-order valence-electron chi connectivity index (χ3n) is 4.04. The molecule has 1 aliphatic rings. The maximum Gasteiger partial charge on any atom is 0.228 e. The summed E-state index contributed by atoms with van der Waals surface area (Å²) in [7, 11) is 0. The molecule has 2 amide bonds. The number of anilines is 1. The number of likely N-dealkylation sites (tertiary alicyclic amines) is 1. The predicted octanol–water partition coefficient (Wildman–Crippen LogP) is 2.43. The molecule has 6 heteroatoms. The van der Waals surface area contributed by atoms with E-state index in [1.54, 1.807) is 11.8 Å². The second-order valence-corrected chi connectivity index (χ2v) is 6.59. The summed E-state index contributed by atoms with van der Waals surface area (Å²) in [6.45, 7) is 6.64. The Bertz CT molecular complexity index is 607. The number of nitriles is 1. The van der Waals surface area contributed by atoms with Crippen LogP contribution in [-0.4, -0.2) is 29.8 Å². The minimum Gasteiger partial charge on any atom is -0.343 e. The molecule has 0 aromatic carbocycles. The van der Waals surface area contributed by atoms with Gasteiger partial charge in [-0.15, -0.1) is 11.3 Å². The van der Waals surface area contributed by atoms with E-state index in [2.05, 4.69) is 11.4 Å². The third-order valence-corrected chi connectivity index (χ3v) is 5.17. The van der Waals surface area contributed by atoms with Gasteiger partial charge in [0.2, 0.25) is 11.8 Å². The molecule has 112 valence electrons. The lowest BCUT2D eigenvalue weighted by atomic mass is 9.96. The van der Waals surface area contributed by atoms with Crippen molar-refractivity contribution in [2.75, 3.05) is 18.4 Å². The molecule has 1 aromatic heterocycles. The van der Waals surface area contributed by atoms with Crippen LogP contribution in [0.1, 0.15) is 35.8 Å². The highest BCUT2D eigenvalue weighted by Gasteiger charge is 2.27. The molecule has 0 atom stereocenters. The Kier molecular flexibility index (Phi) is 4.63. The number of thiophene rings is 1. The molecule has 1 fully saturated rings. The zero-order valence-electron chi connectivity index (χ0n) is 12.5. The second-order valence-electron chi connectivity index (χ2n) is 5.37. The fourth-order valence-corrected chi connectivity index (χ4v) is 3.53. The summed E-state index contributed by atoms with van der Waals surface area (Å²) in [5, 5.41) is 12.7. The fourth-order valence-electron chi connectivity index (χ4n) is 2.52. The van der Waals surface area contributed by atoms with Gasteiger partial charge in [-0.1, -0.05) is 0 Å². The molecule has 0 bridgehead atoms. The van der Waals surface area contributed by atoms with Crippen molar-refractivity contribution in [1.82, 2.24) is 4.90 Å². The largest absolute Gasteiger partial charge is 0.343 e. The molecule has 5 nitrogen and oxygen atoms in total. The first-order valence-electron chi connectivity index (χ1n) is 7.00. The molecule has 0 aliphatic carbocycles. The number of nitrogens with one attached hydrogen (secondary N) is 1. The Morgan fingerprint density at radius 2 is 1.95 bits per heavy atom. The Balaban J connectivity index is 2.02. The maximum absolute atomic E-state index is 12.3. The smallest absolute Gasteiger partial charge is 0.228 e. The van der Waals surface area contributed by atoms with Crippen LogP contribution in [0.2, 0.25) is 0 Å². The molecule has 1 N–H and O–H groups in total. The van der Waals surface area contributed by atoms with Crippen molar-refractivity contribution in [3.05, 3.63) is 16.0 Å². The van der Waals surface area contributed by atoms with E-state index in [1.807, 2.05) is 13.8 Å². The van der Waals surface area contributed by atoms with Crippen LogP contribution in [0.15, 0.2) is 0 Å². The number of hydrogen-bond donors (Lipinski definition) is 1. The first-order valence-corrected chi connectivity index (χ1v) is 7.82. The van der Waals surface area contributed by atoms with Crippen molar-refractivity contribution >= 4 is 28.2 Å². The van der Waals surface area contributed by atoms with Gasteiger partial charge in [0.1, 0.15) is 11.1 Å². The number of aryl methyl sites for hydroxylation is 1. The van der Waals surface area contributed by atoms with Crippen LogP contribution >= 0.6 is 11.3 Å². The van der Waals surface area contributed by atoms with Crippen LogP contribution in [-0.2, 0) is 9.59 Å². The van der Waals surface area contributed by atoms with Gasteiger partial charge in [0, 0.05) is 30.8 Å². The van der Waals surface area contributed by atoms with E-state index in [9.17, 15) is 14.9 Å². The molecule has 0 saturated carbocycles. The topological polar surface area (TPSA) is 73.2 Å². The van der Waals surface area contributed by atoms with E-state index in [0.29, 0.717) is 36.5 Å². The molecule has 2 rings (SSSR count). The van der Waals surface area contributed by atoms with E-state index in [-0.39, 0.29) is 17.7 Å². The van der Waals surface area contributed by atoms with Gasteiger partial charge in [-0.3, -0.25) is 9.59 Å². The van der Waals surface area contributed by atoms with Crippen molar-refractivity contribution in [2.24, 2.45) is 5.92 Å². The van der Waals surface area contributed by atoms with Crippen molar-refractivity contribution in [1.29, 1.82) is 5.26 Å². The highest BCUT2D eigenvalue weighted by molar-refractivity contribution is 7.16. The van der Waals surface area contributed by atoms with Gasteiger partial charge in [-0.05, 0) is 32.3 Å². The summed E-state index contributed by atoms with van der Waals surface area (Å²) in [5.41, 5.74) is 1.50. The average molecular weight is 305 g/mol. The minimum atomic E-state index is -0.0881. The van der Waals surface area contributed by atoms with Gasteiger partial charge < -0.3 is 10.2 Å². The predicted molar refractivity (Wildman–Crippen MR) is 82.1 cm³/mol. The van der Waals surface area contributed by atoms with E-state index >= 15 is 0 Å². The quantitative estimate of drug-likeness (QED) is 0.912. The van der Waals surface area contributed by atoms with Crippen molar-refractivity contribution in [3.63, 3.8) is 0 Å². The first-order chi connectivity index (χ1) is 9.93. The second kappa shape index (κ2) is 6.27. The number of carbonyl (C=O) groups excluding carboxylic acids is 2. The summed E-state index contributed by atoms with van der Waals surface area (Å²) in [5.74, 6) is -0.0732. The SMILES string of the molecule is CC(=O)N1CCC(C(=O)Nc2sc(C)c(C)c2C#N)CC1. The highest BCUT2D eigenvalue weighted by Crippen LogP contribution is 2.32. The summed E-state index contributed by atoms with van der Waals surface area (Å²) in [6, 6.07) is 2.16. The van der Waals surface area contributed by atoms with E-state index in [4.69, 9.17) is 0 Å². The number of hydrogen-bond acceptors (Lipinski definition) is 4. The van der Waals surface area contributed by atoms with Crippen LogP contribution in [0, 0.1) is 31.1 Å². The molecular weight excluding hydrogens is 286 g/mol. The minimum absolute atomic E-state index is 0.0454. The molecule has 21 heavy (non-hydrogen) atoms. The van der Waals surface area contributed by atoms with Gasteiger partial charge in [0.15, 0.2) is 0 Å². The highest BCUT2D eigenvalue weighted by atomic mass is 32.1. The Morgan fingerprint density at radius 3 is 2.48 bits per heavy atom. The van der Waals surface area contributed by atoms with Crippen molar-refractivity contribution in [2.45, 2.75) is 33.6 Å². The number of rotatable bonds is 2. The lowest BCUT2D eigenvalue weighted by Gasteiger charge is -2.30. The molecule has 0 spiro atoms. The number of carbonyl (C=O) groups is 2. The van der Waals surface area contributed by atoms with E-state index in [1.165, 1.54) is 11.3 Å². The number of amides is 2. The van der Waals surface area contributed by atoms with Crippen LogP contribution in [0.3, 0.4) is 0 Å². The van der Waals surface area contributed by atoms with Crippen LogP contribution in [0.25, 0.3) is 0 Å². The van der Waals surface area contributed by atoms with Gasteiger partial charge >= 0.3 is 0 Å².